The standard InChI is InChI=1S/C18H26N2/c1-2-13-20-18-12-14-19-15-17(18)11-7-6-10-16-8-4-3-5-9-16/h1,3-5,8-9,17-20H,6-7,10-15H2/t17-,18+/m1/s1. The zero-order valence-corrected chi connectivity index (χ0v) is 12.3. The van der Waals surface area contributed by atoms with Gasteiger partial charge in [-0.05, 0) is 50.3 Å². The first-order valence-corrected chi connectivity index (χ1v) is 7.81. The van der Waals surface area contributed by atoms with Crippen LogP contribution in [-0.2, 0) is 6.42 Å². The van der Waals surface area contributed by atoms with E-state index in [9.17, 15) is 0 Å². The second-order valence-electron chi connectivity index (χ2n) is 5.68. The molecule has 1 aromatic rings. The highest BCUT2D eigenvalue weighted by Crippen LogP contribution is 2.19. The lowest BCUT2D eigenvalue weighted by molar-refractivity contribution is 0.266. The summed E-state index contributed by atoms with van der Waals surface area (Å²) in [7, 11) is 0. The number of hydrogen-bond acceptors (Lipinski definition) is 2. The molecule has 0 aromatic heterocycles. The summed E-state index contributed by atoms with van der Waals surface area (Å²) in [5.74, 6) is 3.42. The topological polar surface area (TPSA) is 24.1 Å². The van der Waals surface area contributed by atoms with E-state index in [2.05, 4.69) is 46.9 Å². The second kappa shape index (κ2) is 8.79. The van der Waals surface area contributed by atoms with Gasteiger partial charge in [0.25, 0.3) is 0 Å². The second-order valence-corrected chi connectivity index (χ2v) is 5.68. The monoisotopic (exact) mass is 270 g/mol. The van der Waals surface area contributed by atoms with Crippen molar-refractivity contribution >= 4 is 0 Å². The molecule has 2 heteroatoms. The van der Waals surface area contributed by atoms with Crippen LogP contribution in [0.2, 0.25) is 0 Å². The fourth-order valence-electron chi connectivity index (χ4n) is 3.07. The molecule has 0 spiro atoms. The summed E-state index contributed by atoms with van der Waals surface area (Å²) in [5, 5.41) is 7.01. The van der Waals surface area contributed by atoms with Gasteiger partial charge < -0.3 is 10.6 Å². The third-order valence-electron chi connectivity index (χ3n) is 4.21. The maximum absolute atomic E-state index is 5.35. The minimum atomic E-state index is 0.601. The van der Waals surface area contributed by atoms with Crippen molar-refractivity contribution in [3.63, 3.8) is 0 Å². The maximum atomic E-state index is 5.35. The van der Waals surface area contributed by atoms with Gasteiger partial charge in [0.15, 0.2) is 0 Å². The Morgan fingerprint density at radius 2 is 2.10 bits per heavy atom. The minimum Gasteiger partial charge on any atom is -0.316 e. The van der Waals surface area contributed by atoms with E-state index in [-0.39, 0.29) is 0 Å². The quantitative estimate of drug-likeness (QED) is 0.588. The molecular formula is C18H26N2. The first-order chi connectivity index (χ1) is 9.90. The van der Waals surface area contributed by atoms with Crippen LogP contribution in [0.15, 0.2) is 30.3 Å². The van der Waals surface area contributed by atoms with Gasteiger partial charge in [0.1, 0.15) is 0 Å². The van der Waals surface area contributed by atoms with Crippen molar-refractivity contribution < 1.29 is 0 Å². The van der Waals surface area contributed by atoms with Crippen LogP contribution in [0.1, 0.15) is 31.2 Å². The van der Waals surface area contributed by atoms with Gasteiger partial charge in [-0.25, -0.2) is 0 Å². The van der Waals surface area contributed by atoms with Crippen molar-refractivity contribution in [2.75, 3.05) is 19.6 Å². The van der Waals surface area contributed by atoms with Gasteiger partial charge in [-0.15, -0.1) is 6.42 Å². The number of terminal acetylenes is 1. The normalized spacial score (nSPS) is 22.4. The lowest BCUT2D eigenvalue weighted by atomic mass is 9.88. The largest absolute Gasteiger partial charge is 0.316 e. The van der Waals surface area contributed by atoms with Crippen molar-refractivity contribution in [1.82, 2.24) is 10.6 Å². The fourth-order valence-corrected chi connectivity index (χ4v) is 3.07. The number of unbranched alkanes of at least 4 members (excludes halogenated alkanes) is 1. The van der Waals surface area contributed by atoms with Crippen molar-refractivity contribution in [3.05, 3.63) is 35.9 Å². The van der Waals surface area contributed by atoms with Crippen LogP contribution in [0, 0.1) is 18.3 Å². The summed E-state index contributed by atoms with van der Waals surface area (Å²) in [5.41, 5.74) is 1.45. The van der Waals surface area contributed by atoms with Crippen LogP contribution < -0.4 is 10.6 Å². The van der Waals surface area contributed by atoms with Gasteiger partial charge in [0.05, 0.1) is 6.54 Å². The highest BCUT2D eigenvalue weighted by Gasteiger charge is 2.23. The zero-order chi connectivity index (χ0) is 14.0. The molecule has 1 heterocycles. The Morgan fingerprint density at radius 3 is 2.90 bits per heavy atom. The van der Waals surface area contributed by atoms with E-state index in [1.807, 2.05) is 0 Å². The Hall–Kier alpha value is -1.30. The Balaban J connectivity index is 1.67. The van der Waals surface area contributed by atoms with Gasteiger partial charge in [-0.1, -0.05) is 42.7 Å². The van der Waals surface area contributed by atoms with Gasteiger partial charge in [0.2, 0.25) is 0 Å². The van der Waals surface area contributed by atoms with E-state index in [4.69, 9.17) is 6.42 Å². The Bertz CT molecular complexity index is 407. The molecule has 1 aromatic carbocycles. The summed E-state index contributed by atoms with van der Waals surface area (Å²) in [6.07, 6.45) is 11.6. The minimum absolute atomic E-state index is 0.601. The molecule has 1 aliphatic heterocycles. The van der Waals surface area contributed by atoms with Crippen molar-refractivity contribution in [2.45, 2.75) is 38.1 Å². The average Bonchev–Trinajstić information content (AvgIpc) is 2.51. The summed E-state index contributed by atoms with van der Waals surface area (Å²) in [4.78, 5) is 0. The molecule has 2 atom stereocenters. The molecule has 2 N–H and O–H groups in total. The molecule has 0 unspecified atom stereocenters. The number of benzene rings is 1. The highest BCUT2D eigenvalue weighted by atomic mass is 15.0. The average molecular weight is 270 g/mol. The van der Waals surface area contributed by atoms with Gasteiger partial charge >= 0.3 is 0 Å². The number of nitrogens with one attached hydrogen (secondary N) is 2. The van der Waals surface area contributed by atoms with E-state index >= 15 is 0 Å². The molecule has 1 fully saturated rings. The maximum Gasteiger partial charge on any atom is 0.0576 e. The molecule has 0 bridgehead atoms. The number of piperidine rings is 1. The molecule has 2 nitrogen and oxygen atoms in total. The molecular weight excluding hydrogens is 244 g/mol. The van der Waals surface area contributed by atoms with Gasteiger partial charge in [-0.2, -0.15) is 0 Å². The molecule has 0 radical (unpaired) electrons. The van der Waals surface area contributed by atoms with Crippen LogP contribution in [-0.4, -0.2) is 25.7 Å². The number of hydrogen-bond donors (Lipinski definition) is 2. The Kier molecular flexibility index (Phi) is 6.63. The van der Waals surface area contributed by atoms with Crippen molar-refractivity contribution in [2.24, 2.45) is 5.92 Å². The SMILES string of the molecule is C#CCN[C@H]1CCNC[C@H]1CCCCc1ccccc1. The Labute approximate surface area is 123 Å². The fraction of sp³-hybridized carbons (Fsp3) is 0.556. The predicted molar refractivity (Wildman–Crippen MR) is 85.6 cm³/mol. The van der Waals surface area contributed by atoms with E-state index in [1.54, 1.807) is 0 Å². The molecule has 2 rings (SSSR count). The van der Waals surface area contributed by atoms with E-state index in [0.29, 0.717) is 12.6 Å². The van der Waals surface area contributed by atoms with Crippen LogP contribution in [0.25, 0.3) is 0 Å². The van der Waals surface area contributed by atoms with Crippen LogP contribution in [0.3, 0.4) is 0 Å². The van der Waals surface area contributed by atoms with Crippen LogP contribution in [0.4, 0.5) is 0 Å². The summed E-state index contributed by atoms with van der Waals surface area (Å²) in [6, 6.07) is 11.4. The summed E-state index contributed by atoms with van der Waals surface area (Å²) >= 11 is 0. The summed E-state index contributed by atoms with van der Waals surface area (Å²) < 4.78 is 0. The third-order valence-corrected chi connectivity index (χ3v) is 4.21. The predicted octanol–water partition coefficient (Wildman–Crippen LogP) is 2.60. The number of rotatable bonds is 7. The first kappa shape index (κ1) is 15.1. The van der Waals surface area contributed by atoms with Gasteiger partial charge in [-0.3, -0.25) is 0 Å². The van der Waals surface area contributed by atoms with Crippen LogP contribution >= 0.6 is 0 Å². The Morgan fingerprint density at radius 1 is 1.25 bits per heavy atom. The molecule has 20 heavy (non-hydrogen) atoms. The summed E-state index contributed by atoms with van der Waals surface area (Å²) in [6.45, 7) is 2.95. The molecule has 0 saturated carbocycles. The van der Waals surface area contributed by atoms with E-state index < -0.39 is 0 Å². The smallest absolute Gasteiger partial charge is 0.0576 e. The highest BCUT2D eigenvalue weighted by molar-refractivity contribution is 5.14. The molecule has 0 amide bonds. The molecule has 1 aliphatic rings. The lowest BCUT2D eigenvalue weighted by Crippen LogP contribution is -2.47. The molecule has 1 saturated heterocycles. The van der Waals surface area contributed by atoms with Crippen LogP contribution in [0.5, 0.6) is 0 Å². The lowest BCUT2D eigenvalue weighted by Gasteiger charge is -2.32. The number of aryl methyl sites for hydroxylation is 1. The zero-order valence-electron chi connectivity index (χ0n) is 12.3. The third kappa shape index (κ3) is 5.00. The van der Waals surface area contributed by atoms with Crippen molar-refractivity contribution in [1.29, 1.82) is 0 Å². The van der Waals surface area contributed by atoms with E-state index in [0.717, 1.165) is 19.0 Å². The molecule has 108 valence electrons. The molecule has 0 aliphatic carbocycles. The van der Waals surface area contributed by atoms with Crippen molar-refractivity contribution in [3.8, 4) is 12.3 Å². The van der Waals surface area contributed by atoms with E-state index in [1.165, 1.54) is 37.7 Å². The van der Waals surface area contributed by atoms with Gasteiger partial charge in [0, 0.05) is 6.04 Å². The first-order valence-electron chi connectivity index (χ1n) is 7.81.